The molecule has 9 heteroatoms. The molecule has 5 rings (SSSR count). The highest BCUT2D eigenvalue weighted by atomic mass is 32.1. The minimum Gasteiger partial charge on any atom is -0.488 e. The number of aryl methyl sites for hydroxylation is 2. The van der Waals surface area contributed by atoms with Crippen LogP contribution in [0.5, 0.6) is 5.75 Å². The third-order valence-electron chi connectivity index (χ3n) is 8.43. The number of fused-ring (bicyclic) bond motifs is 1. The zero-order valence-electron chi connectivity index (χ0n) is 26.6. The molecular weight excluding hydrogens is 562 g/mol. The molecular formula is C34H43N3O5S. The molecule has 2 aliphatic heterocycles. The lowest BCUT2D eigenvalue weighted by Gasteiger charge is -2.32. The van der Waals surface area contributed by atoms with E-state index in [9.17, 15) is 9.59 Å². The number of carbonyl (C=O) groups is 2. The maximum atomic E-state index is 12.6. The van der Waals surface area contributed by atoms with Gasteiger partial charge in [-0.1, -0.05) is 18.2 Å². The number of carbonyl (C=O) groups excluding carboxylic acids is 2. The number of aromatic nitrogens is 1. The van der Waals surface area contributed by atoms with Crippen molar-refractivity contribution in [1.82, 2.24) is 9.88 Å². The van der Waals surface area contributed by atoms with Gasteiger partial charge in [-0.3, -0.25) is 4.79 Å². The molecule has 8 nitrogen and oxygen atoms in total. The number of esters is 1. The summed E-state index contributed by atoms with van der Waals surface area (Å²) < 4.78 is 17.2. The summed E-state index contributed by atoms with van der Waals surface area (Å²) in [7, 11) is 1.45. The standard InChI is InChI=1S/C34H43N3O5S/c1-21-15-22(2)29(27(16-21)28-19-43-31(35-28)37-14-12-34(7,20-37)30(38)40-8)41-18-25-10-9-24-17-36(13-11-26(24)23(25)3)32(39)42-33(4,5)6/h9-10,15-16,19H,11-14,17-18,20H2,1-8H3/t34-/m0/s1. The number of hydrogen-bond acceptors (Lipinski definition) is 8. The highest BCUT2D eigenvalue weighted by Crippen LogP contribution is 2.40. The van der Waals surface area contributed by atoms with E-state index < -0.39 is 11.0 Å². The number of nitrogens with zero attached hydrogens (tertiary/aromatic N) is 3. The van der Waals surface area contributed by atoms with Crippen molar-refractivity contribution in [3.8, 4) is 17.0 Å². The molecule has 0 saturated carbocycles. The van der Waals surface area contributed by atoms with Crippen LogP contribution in [0.15, 0.2) is 29.6 Å². The zero-order valence-corrected chi connectivity index (χ0v) is 27.4. The van der Waals surface area contributed by atoms with Crippen molar-refractivity contribution in [3.63, 3.8) is 0 Å². The van der Waals surface area contributed by atoms with Crippen molar-refractivity contribution in [2.24, 2.45) is 5.41 Å². The fourth-order valence-corrected chi connectivity index (χ4v) is 6.94. The van der Waals surface area contributed by atoms with Gasteiger partial charge < -0.3 is 24.0 Å². The first kappa shape index (κ1) is 30.9. The molecule has 1 atom stereocenters. The Morgan fingerprint density at radius 3 is 2.60 bits per heavy atom. The van der Waals surface area contributed by atoms with Crippen LogP contribution in [0.3, 0.4) is 0 Å². The van der Waals surface area contributed by atoms with Crippen molar-refractivity contribution in [3.05, 3.63) is 63.0 Å². The fraction of sp³-hybridized carbons (Fsp3) is 0.500. The van der Waals surface area contributed by atoms with E-state index in [-0.39, 0.29) is 12.1 Å². The van der Waals surface area contributed by atoms with E-state index in [1.807, 2.05) is 27.7 Å². The van der Waals surface area contributed by atoms with Gasteiger partial charge in [0.25, 0.3) is 0 Å². The lowest BCUT2D eigenvalue weighted by atomic mass is 9.90. The Morgan fingerprint density at radius 1 is 1.12 bits per heavy atom. The van der Waals surface area contributed by atoms with Gasteiger partial charge in [0, 0.05) is 37.1 Å². The summed E-state index contributed by atoms with van der Waals surface area (Å²) in [6, 6.07) is 8.50. The number of ether oxygens (including phenoxy) is 3. The number of anilines is 1. The third-order valence-corrected chi connectivity index (χ3v) is 9.33. The van der Waals surface area contributed by atoms with Crippen LogP contribution in [0.4, 0.5) is 9.93 Å². The van der Waals surface area contributed by atoms with Gasteiger partial charge in [0.2, 0.25) is 0 Å². The average molecular weight is 606 g/mol. The van der Waals surface area contributed by atoms with Crippen LogP contribution in [-0.4, -0.2) is 54.3 Å². The quantitative estimate of drug-likeness (QED) is 0.280. The van der Waals surface area contributed by atoms with E-state index in [4.69, 9.17) is 19.2 Å². The van der Waals surface area contributed by atoms with Crippen molar-refractivity contribution >= 4 is 28.5 Å². The molecule has 2 aliphatic rings. The second kappa shape index (κ2) is 11.8. The second-order valence-electron chi connectivity index (χ2n) is 13.1. The summed E-state index contributed by atoms with van der Waals surface area (Å²) in [6.45, 7) is 16.9. The molecule has 0 bridgehead atoms. The summed E-state index contributed by atoms with van der Waals surface area (Å²) in [4.78, 5) is 33.9. The first-order valence-corrected chi connectivity index (χ1v) is 15.8. The SMILES string of the molecule is COC(=O)[C@@]1(C)CCN(c2nc(-c3cc(C)cc(C)c3OCc3ccc4c(c3C)CCN(C(=O)OC(C)(C)C)C4)cs2)C1. The Hall–Kier alpha value is -3.59. The molecule has 230 valence electrons. The molecule has 1 fully saturated rings. The monoisotopic (exact) mass is 605 g/mol. The molecule has 1 aromatic heterocycles. The van der Waals surface area contributed by atoms with Crippen LogP contribution in [0.2, 0.25) is 0 Å². The van der Waals surface area contributed by atoms with E-state index >= 15 is 0 Å². The van der Waals surface area contributed by atoms with E-state index in [0.29, 0.717) is 26.2 Å². The van der Waals surface area contributed by atoms with E-state index in [0.717, 1.165) is 63.8 Å². The highest BCUT2D eigenvalue weighted by Gasteiger charge is 2.42. The number of rotatable bonds is 6. The topological polar surface area (TPSA) is 81.2 Å². The Morgan fingerprint density at radius 2 is 1.88 bits per heavy atom. The minimum atomic E-state index is -0.518. The molecule has 0 unspecified atom stereocenters. The van der Waals surface area contributed by atoms with Crippen molar-refractivity contribution in [1.29, 1.82) is 0 Å². The van der Waals surface area contributed by atoms with Gasteiger partial charge in [-0.05, 0) is 101 Å². The lowest BCUT2D eigenvalue weighted by Crippen LogP contribution is -2.40. The summed E-state index contributed by atoms with van der Waals surface area (Å²) in [5.41, 5.74) is 7.82. The Kier molecular flexibility index (Phi) is 8.49. The molecule has 0 radical (unpaired) electrons. The predicted molar refractivity (Wildman–Crippen MR) is 170 cm³/mol. The molecule has 1 saturated heterocycles. The molecule has 43 heavy (non-hydrogen) atoms. The number of amides is 1. The smallest absolute Gasteiger partial charge is 0.410 e. The van der Waals surface area contributed by atoms with Crippen molar-refractivity contribution < 1.29 is 23.8 Å². The summed E-state index contributed by atoms with van der Waals surface area (Å²) >= 11 is 1.59. The Balaban J connectivity index is 1.33. The summed E-state index contributed by atoms with van der Waals surface area (Å²) in [5, 5.41) is 2.98. The van der Waals surface area contributed by atoms with Gasteiger partial charge >= 0.3 is 12.1 Å². The van der Waals surface area contributed by atoms with Crippen molar-refractivity contribution in [2.45, 2.75) is 80.1 Å². The number of benzene rings is 2. The van der Waals surface area contributed by atoms with Crippen molar-refractivity contribution in [2.75, 3.05) is 31.6 Å². The molecule has 3 heterocycles. The Labute approximate surface area is 259 Å². The van der Waals surface area contributed by atoms with Gasteiger partial charge in [0.05, 0.1) is 18.2 Å². The number of hydrogen-bond donors (Lipinski definition) is 0. The summed E-state index contributed by atoms with van der Waals surface area (Å²) in [5.74, 6) is 0.658. The molecule has 0 N–H and O–H groups in total. The third kappa shape index (κ3) is 6.51. The average Bonchev–Trinajstić information content (AvgIpc) is 3.59. The van der Waals surface area contributed by atoms with Gasteiger partial charge in [-0.15, -0.1) is 11.3 Å². The largest absolute Gasteiger partial charge is 0.488 e. The van der Waals surface area contributed by atoms with Gasteiger partial charge in [-0.2, -0.15) is 0 Å². The van der Waals surface area contributed by atoms with Crippen LogP contribution >= 0.6 is 11.3 Å². The molecule has 0 spiro atoms. The van der Waals surface area contributed by atoms with Crippen LogP contribution in [0, 0.1) is 26.2 Å². The number of methoxy groups -OCH3 is 1. The van der Waals surface area contributed by atoms with E-state index in [1.165, 1.54) is 18.2 Å². The second-order valence-corrected chi connectivity index (χ2v) is 14.0. The maximum Gasteiger partial charge on any atom is 0.410 e. The van der Waals surface area contributed by atoms with E-state index in [1.54, 1.807) is 16.2 Å². The first-order valence-electron chi connectivity index (χ1n) is 14.9. The minimum absolute atomic E-state index is 0.172. The maximum absolute atomic E-state index is 12.6. The molecule has 3 aromatic rings. The predicted octanol–water partition coefficient (Wildman–Crippen LogP) is 7.00. The van der Waals surface area contributed by atoms with Gasteiger partial charge in [0.1, 0.15) is 18.0 Å². The first-order chi connectivity index (χ1) is 20.3. The number of thiazole rings is 1. The lowest BCUT2D eigenvalue weighted by molar-refractivity contribution is -0.150. The van der Waals surface area contributed by atoms with Crippen LogP contribution in [-0.2, 0) is 33.8 Å². The van der Waals surface area contributed by atoms with Crippen LogP contribution < -0.4 is 9.64 Å². The zero-order chi connectivity index (χ0) is 31.1. The Bertz CT molecular complexity index is 1540. The molecule has 2 aromatic carbocycles. The highest BCUT2D eigenvalue weighted by molar-refractivity contribution is 7.14. The van der Waals surface area contributed by atoms with Gasteiger partial charge in [0.15, 0.2) is 5.13 Å². The summed E-state index contributed by atoms with van der Waals surface area (Å²) in [6.07, 6.45) is 1.26. The fourth-order valence-electron chi connectivity index (χ4n) is 6.08. The molecule has 0 aliphatic carbocycles. The molecule has 1 amide bonds. The van der Waals surface area contributed by atoms with Crippen LogP contribution in [0.1, 0.15) is 67.5 Å². The van der Waals surface area contributed by atoms with Crippen LogP contribution in [0.25, 0.3) is 11.3 Å². The normalized spacial score (nSPS) is 18.4. The van der Waals surface area contributed by atoms with E-state index in [2.05, 4.69) is 55.3 Å². The van der Waals surface area contributed by atoms with Gasteiger partial charge in [-0.25, -0.2) is 9.78 Å².